The lowest BCUT2D eigenvalue weighted by molar-refractivity contribution is 0.0991. The summed E-state index contributed by atoms with van der Waals surface area (Å²) in [7, 11) is 0. The van der Waals surface area contributed by atoms with Crippen LogP contribution in [0.25, 0.3) is 10.9 Å². The molecule has 4 rings (SSSR count). The molecule has 0 spiro atoms. The Hall–Kier alpha value is -1.85. The second kappa shape index (κ2) is 6.57. The first kappa shape index (κ1) is 15.7. The molecule has 5 nitrogen and oxygen atoms in total. The number of hydrogen-bond donors (Lipinski definition) is 1. The summed E-state index contributed by atoms with van der Waals surface area (Å²) in [4.78, 5) is 20.5. The van der Waals surface area contributed by atoms with Gasteiger partial charge in [-0.15, -0.1) is 0 Å². The van der Waals surface area contributed by atoms with Gasteiger partial charge in [0.1, 0.15) is 5.75 Å². The summed E-state index contributed by atoms with van der Waals surface area (Å²) in [6, 6.07) is 8.54. The summed E-state index contributed by atoms with van der Waals surface area (Å²) in [6.45, 7) is 7.86. The van der Waals surface area contributed by atoms with Crippen molar-refractivity contribution in [3.63, 3.8) is 0 Å². The standard InChI is InChI=1S/C19H25N3O2/c1-2-24-17-5-6-18-14(11-17)10-15(19(23)20-18)12-21-8-9-22-7-3-4-16(22)13-21/h5-6,10-11,16H,2-4,7-9,12-13H2,1H3,(H,20,23)/t16-/m0/s1. The number of benzene rings is 1. The summed E-state index contributed by atoms with van der Waals surface area (Å²) in [6.07, 6.45) is 2.61. The Kier molecular flexibility index (Phi) is 4.29. The minimum absolute atomic E-state index is 0.0283. The molecule has 0 saturated carbocycles. The van der Waals surface area contributed by atoms with Crippen molar-refractivity contribution in [2.75, 3.05) is 32.8 Å². The number of aromatic nitrogens is 1. The van der Waals surface area contributed by atoms with Gasteiger partial charge in [0.05, 0.1) is 6.61 Å². The smallest absolute Gasteiger partial charge is 0.252 e. The third-order valence-electron chi connectivity index (χ3n) is 5.27. The van der Waals surface area contributed by atoms with Crippen molar-refractivity contribution in [1.29, 1.82) is 0 Å². The number of ether oxygens (including phenoxy) is 1. The van der Waals surface area contributed by atoms with Crippen LogP contribution in [0.5, 0.6) is 5.75 Å². The van der Waals surface area contributed by atoms with E-state index in [1.54, 1.807) is 0 Å². The summed E-state index contributed by atoms with van der Waals surface area (Å²) in [5.74, 6) is 0.850. The fourth-order valence-electron chi connectivity index (χ4n) is 4.04. The highest BCUT2D eigenvalue weighted by Gasteiger charge is 2.30. The first-order chi connectivity index (χ1) is 11.7. The van der Waals surface area contributed by atoms with Gasteiger partial charge in [-0.25, -0.2) is 0 Å². The highest BCUT2D eigenvalue weighted by molar-refractivity contribution is 5.80. The summed E-state index contributed by atoms with van der Waals surface area (Å²) in [5.41, 5.74) is 1.75. The molecule has 1 aromatic carbocycles. The Balaban J connectivity index is 1.56. The first-order valence-electron chi connectivity index (χ1n) is 8.98. The maximum atomic E-state index is 12.4. The van der Waals surface area contributed by atoms with E-state index in [-0.39, 0.29) is 5.56 Å². The molecule has 5 heteroatoms. The molecule has 2 saturated heterocycles. The Morgan fingerprint density at radius 3 is 3.04 bits per heavy atom. The summed E-state index contributed by atoms with van der Waals surface area (Å²) >= 11 is 0. The Morgan fingerprint density at radius 2 is 2.17 bits per heavy atom. The van der Waals surface area contributed by atoms with E-state index in [0.29, 0.717) is 12.6 Å². The number of nitrogens with one attached hydrogen (secondary N) is 1. The monoisotopic (exact) mass is 327 g/mol. The normalized spacial score (nSPS) is 22.0. The molecule has 0 bridgehead atoms. The molecule has 0 unspecified atom stereocenters. The van der Waals surface area contributed by atoms with Gasteiger partial charge in [0.2, 0.25) is 0 Å². The van der Waals surface area contributed by atoms with E-state index in [1.165, 1.54) is 19.4 Å². The topological polar surface area (TPSA) is 48.6 Å². The lowest BCUT2D eigenvalue weighted by Gasteiger charge is -2.37. The highest BCUT2D eigenvalue weighted by Crippen LogP contribution is 2.23. The summed E-state index contributed by atoms with van der Waals surface area (Å²) in [5, 5.41) is 1.04. The van der Waals surface area contributed by atoms with E-state index in [4.69, 9.17) is 4.74 Å². The zero-order valence-electron chi connectivity index (χ0n) is 14.3. The quantitative estimate of drug-likeness (QED) is 0.935. The van der Waals surface area contributed by atoms with Gasteiger partial charge in [0.15, 0.2) is 0 Å². The molecule has 2 fully saturated rings. The molecule has 2 aliphatic heterocycles. The Morgan fingerprint density at radius 1 is 1.25 bits per heavy atom. The molecule has 2 aliphatic rings. The number of hydrogen-bond acceptors (Lipinski definition) is 4. The average Bonchev–Trinajstić information content (AvgIpc) is 3.04. The van der Waals surface area contributed by atoms with Crippen LogP contribution in [0.1, 0.15) is 25.3 Å². The zero-order chi connectivity index (χ0) is 16.5. The maximum absolute atomic E-state index is 12.4. The van der Waals surface area contributed by atoms with E-state index < -0.39 is 0 Å². The van der Waals surface area contributed by atoms with Gasteiger partial charge >= 0.3 is 0 Å². The summed E-state index contributed by atoms with van der Waals surface area (Å²) < 4.78 is 5.57. The van der Waals surface area contributed by atoms with E-state index in [2.05, 4.69) is 14.8 Å². The molecule has 128 valence electrons. The molecule has 1 N–H and O–H groups in total. The molecule has 24 heavy (non-hydrogen) atoms. The van der Waals surface area contributed by atoms with Crippen molar-refractivity contribution in [3.8, 4) is 5.75 Å². The van der Waals surface area contributed by atoms with Gasteiger partial charge in [-0.05, 0) is 50.6 Å². The van der Waals surface area contributed by atoms with E-state index in [1.807, 2.05) is 31.2 Å². The number of pyridine rings is 1. The number of piperazine rings is 1. The average molecular weight is 327 g/mol. The third kappa shape index (κ3) is 3.06. The molecule has 1 aromatic heterocycles. The molecule has 0 aliphatic carbocycles. The van der Waals surface area contributed by atoms with Crippen LogP contribution in [-0.2, 0) is 6.54 Å². The fourth-order valence-corrected chi connectivity index (χ4v) is 4.04. The minimum Gasteiger partial charge on any atom is -0.494 e. The van der Waals surface area contributed by atoms with Crippen molar-refractivity contribution in [1.82, 2.24) is 14.8 Å². The lowest BCUT2D eigenvalue weighted by atomic mass is 10.1. The van der Waals surface area contributed by atoms with Gasteiger partial charge in [0, 0.05) is 48.7 Å². The van der Waals surface area contributed by atoms with Crippen LogP contribution in [0.2, 0.25) is 0 Å². The molecular weight excluding hydrogens is 302 g/mol. The molecule has 3 heterocycles. The van der Waals surface area contributed by atoms with Crippen LogP contribution in [0, 0.1) is 0 Å². The number of nitrogens with zero attached hydrogens (tertiary/aromatic N) is 2. The zero-order valence-corrected chi connectivity index (χ0v) is 14.3. The minimum atomic E-state index is 0.0283. The van der Waals surface area contributed by atoms with Gasteiger partial charge in [-0.2, -0.15) is 0 Å². The molecule has 0 amide bonds. The van der Waals surface area contributed by atoms with Crippen molar-refractivity contribution >= 4 is 10.9 Å². The third-order valence-corrected chi connectivity index (χ3v) is 5.27. The molecule has 0 radical (unpaired) electrons. The highest BCUT2D eigenvalue weighted by atomic mass is 16.5. The van der Waals surface area contributed by atoms with Gasteiger partial charge in [0.25, 0.3) is 5.56 Å². The number of rotatable bonds is 4. The predicted molar refractivity (Wildman–Crippen MR) is 95.6 cm³/mol. The van der Waals surface area contributed by atoms with Crippen molar-refractivity contribution in [3.05, 3.63) is 40.2 Å². The number of H-pyrrole nitrogens is 1. The second-order valence-electron chi connectivity index (χ2n) is 6.87. The van der Waals surface area contributed by atoms with Crippen molar-refractivity contribution in [2.45, 2.75) is 32.4 Å². The van der Waals surface area contributed by atoms with Gasteiger partial charge in [-0.1, -0.05) is 0 Å². The molecular formula is C19H25N3O2. The lowest BCUT2D eigenvalue weighted by Crippen LogP contribution is -2.49. The number of aromatic amines is 1. The molecule has 1 atom stereocenters. The Labute approximate surface area is 142 Å². The van der Waals surface area contributed by atoms with Crippen molar-refractivity contribution in [2.24, 2.45) is 0 Å². The number of fused-ring (bicyclic) bond motifs is 2. The van der Waals surface area contributed by atoms with Crippen LogP contribution < -0.4 is 10.3 Å². The van der Waals surface area contributed by atoms with E-state index in [9.17, 15) is 4.79 Å². The van der Waals surface area contributed by atoms with Crippen molar-refractivity contribution < 1.29 is 4.74 Å². The first-order valence-corrected chi connectivity index (χ1v) is 8.98. The van der Waals surface area contributed by atoms with Crippen LogP contribution in [0.3, 0.4) is 0 Å². The van der Waals surface area contributed by atoms with Crippen LogP contribution in [0.15, 0.2) is 29.1 Å². The van der Waals surface area contributed by atoms with E-state index >= 15 is 0 Å². The van der Waals surface area contributed by atoms with Gasteiger partial charge < -0.3 is 9.72 Å². The Bertz CT molecular complexity index is 786. The fraction of sp³-hybridized carbons (Fsp3) is 0.526. The van der Waals surface area contributed by atoms with Crippen LogP contribution in [-0.4, -0.2) is 53.6 Å². The largest absolute Gasteiger partial charge is 0.494 e. The van der Waals surface area contributed by atoms with Crippen LogP contribution in [0.4, 0.5) is 0 Å². The second-order valence-corrected chi connectivity index (χ2v) is 6.87. The van der Waals surface area contributed by atoms with Crippen LogP contribution >= 0.6 is 0 Å². The van der Waals surface area contributed by atoms with Gasteiger partial charge in [-0.3, -0.25) is 14.6 Å². The van der Waals surface area contributed by atoms with E-state index in [0.717, 1.165) is 48.4 Å². The maximum Gasteiger partial charge on any atom is 0.252 e. The molecule has 2 aromatic rings. The SMILES string of the molecule is CCOc1ccc2[nH]c(=O)c(CN3CCN4CCC[C@H]4C3)cc2c1. The predicted octanol–water partition coefficient (Wildman–Crippen LogP) is 2.21.